The topological polar surface area (TPSA) is 64.3 Å². The maximum Gasteiger partial charge on any atom is 0.227 e. The standard InChI is InChI=1S/C16H22N2O2/c1-20-13-5-6-15(18-16(19)10-3-2-4-10)14(9-13)11-7-12(17)8-11/h5-6,9-12H,2-4,7-8,17H2,1H3,(H,18,19). The lowest BCUT2D eigenvalue weighted by molar-refractivity contribution is -0.122. The van der Waals surface area contributed by atoms with Crippen LogP contribution in [0, 0.1) is 5.92 Å². The van der Waals surface area contributed by atoms with E-state index in [1.807, 2.05) is 18.2 Å². The van der Waals surface area contributed by atoms with Crippen LogP contribution < -0.4 is 15.8 Å². The quantitative estimate of drug-likeness (QED) is 0.887. The Morgan fingerprint density at radius 3 is 2.65 bits per heavy atom. The Morgan fingerprint density at radius 2 is 2.10 bits per heavy atom. The minimum atomic E-state index is 0.159. The predicted octanol–water partition coefficient (Wildman–Crippen LogP) is 2.64. The summed E-state index contributed by atoms with van der Waals surface area (Å²) in [4.78, 5) is 12.1. The Hall–Kier alpha value is -1.55. The molecule has 0 unspecified atom stereocenters. The van der Waals surface area contributed by atoms with Crippen LogP contribution in [-0.4, -0.2) is 19.1 Å². The van der Waals surface area contributed by atoms with Crippen LogP contribution >= 0.6 is 0 Å². The van der Waals surface area contributed by atoms with Gasteiger partial charge in [0.2, 0.25) is 5.91 Å². The van der Waals surface area contributed by atoms with Crippen LogP contribution in [0.2, 0.25) is 0 Å². The molecule has 0 saturated heterocycles. The molecule has 3 rings (SSSR count). The second-order valence-electron chi connectivity index (χ2n) is 6.00. The Morgan fingerprint density at radius 1 is 1.35 bits per heavy atom. The maximum atomic E-state index is 12.1. The van der Waals surface area contributed by atoms with Crippen LogP contribution in [-0.2, 0) is 4.79 Å². The van der Waals surface area contributed by atoms with Crippen LogP contribution in [0.1, 0.15) is 43.6 Å². The molecule has 4 nitrogen and oxygen atoms in total. The van der Waals surface area contributed by atoms with Gasteiger partial charge in [-0.1, -0.05) is 6.42 Å². The minimum Gasteiger partial charge on any atom is -0.497 e. The number of hydrogen-bond acceptors (Lipinski definition) is 3. The Balaban J connectivity index is 1.79. The molecule has 1 aromatic rings. The molecular weight excluding hydrogens is 252 g/mol. The lowest BCUT2D eigenvalue weighted by Crippen LogP contribution is -2.35. The summed E-state index contributed by atoms with van der Waals surface area (Å²) in [7, 11) is 1.66. The predicted molar refractivity (Wildman–Crippen MR) is 78.9 cm³/mol. The van der Waals surface area contributed by atoms with Gasteiger partial charge >= 0.3 is 0 Å². The van der Waals surface area contributed by atoms with Gasteiger partial charge in [-0.15, -0.1) is 0 Å². The van der Waals surface area contributed by atoms with Gasteiger partial charge in [-0.05, 0) is 55.4 Å². The summed E-state index contributed by atoms with van der Waals surface area (Å²) in [5, 5.41) is 3.09. The number of rotatable bonds is 4. The zero-order chi connectivity index (χ0) is 14.1. The van der Waals surface area contributed by atoms with Gasteiger partial charge in [-0.25, -0.2) is 0 Å². The minimum absolute atomic E-state index is 0.159. The summed E-state index contributed by atoms with van der Waals surface area (Å²) >= 11 is 0. The van der Waals surface area contributed by atoms with Crippen LogP contribution in [0.15, 0.2) is 18.2 Å². The van der Waals surface area contributed by atoms with Crippen LogP contribution in [0.25, 0.3) is 0 Å². The molecule has 2 aliphatic carbocycles. The third kappa shape index (κ3) is 2.52. The first kappa shape index (κ1) is 13.4. The van der Waals surface area contributed by atoms with Crippen molar-refractivity contribution in [2.45, 2.75) is 44.1 Å². The number of nitrogens with one attached hydrogen (secondary N) is 1. The van der Waals surface area contributed by atoms with Gasteiger partial charge in [0.1, 0.15) is 5.75 Å². The first-order valence-corrected chi connectivity index (χ1v) is 7.41. The Kier molecular flexibility index (Phi) is 3.66. The van der Waals surface area contributed by atoms with E-state index in [1.54, 1.807) is 7.11 Å². The van der Waals surface area contributed by atoms with E-state index in [9.17, 15) is 4.79 Å². The van der Waals surface area contributed by atoms with Gasteiger partial charge in [-0.3, -0.25) is 4.79 Å². The molecule has 108 valence electrons. The largest absolute Gasteiger partial charge is 0.497 e. The fraction of sp³-hybridized carbons (Fsp3) is 0.562. The monoisotopic (exact) mass is 274 g/mol. The van der Waals surface area contributed by atoms with Crippen molar-refractivity contribution >= 4 is 11.6 Å². The van der Waals surface area contributed by atoms with Crippen LogP contribution in [0.5, 0.6) is 5.75 Å². The van der Waals surface area contributed by atoms with E-state index >= 15 is 0 Å². The fourth-order valence-corrected chi connectivity index (χ4v) is 2.94. The Bertz CT molecular complexity index is 505. The zero-order valence-corrected chi connectivity index (χ0v) is 11.9. The Labute approximate surface area is 119 Å². The van der Waals surface area contributed by atoms with Crippen molar-refractivity contribution < 1.29 is 9.53 Å². The molecule has 20 heavy (non-hydrogen) atoms. The average Bonchev–Trinajstić information content (AvgIpc) is 2.33. The lowest BCUT2D eigenvalue weighted by atomic mass is 9.75. The molecule has 0 atom stereocenters. The van der Waals surface area contributed by atoms with Gasteiger partial charge in [-0.2, -0.15) is 0 Å². The number of amides is 1. The lowest BCUT2D eigenvalue weighted by Gasteiger charge is -2.34. The molecule has 2 aliphatic rings. The van der Waals surface area contributed by atoms with Crippen molar-refractivity contribution in [3.63, 3.8) is 0 Å². The number of benzene rings is 1. The molecule has 2 saturated carbocycles. The number of carbonyl (C=O) groups excluding carboxylic acids is 1. The molecular formula is C16H22N2O2. The molecule has 0 radical (unpaired) electrons. The van der Waals surface area contributed by atoms with Crippen molar-refractivity contribution in [2.24, 2.45) is 11.7 Å². The van der Waals surface area contributed by atoms with Gasteiger partial charge in [0.15, 0.2) is 0 Å². The summed E-state index contributed by atoms with van der Waals surface area (Å²) in [5.41, 5.74) is 7.98. The average molecular weight is 274 g/mol. The van der Waals surface area contributed by atoms with Crippen molar-refractivity contribution in [2.75, 3.05) is 12.4 Å². The fourth-order valence-electron chi connectivity index (χ4n) is 2.94. The van der Waals surface area contributed by atoms with Crippen LogP contribution in [0.3, 0.4) is 0 Å². The molecule has 4 heteroatoms. The molecule has 0 bridgehead atoms. The normalized spacial score (nSPS) is 25.5. The number of carbonyl (C=O) groups is 1. The summed E-state index contributed by atoms with van der Waals surface area (Å²) < 4.78 is 5.30. The van der Waals surface area contributed by atoms with E-state index in [0.29, 0.717) is 12.0 Å². The van der Waals surface area contributed by atoms with Gasteiger partial charge in [0.25, 0.3) is 0 Å². The highest BCUT2D eigenvalue weighted by Crippen LogP contribution is 2.41. The molecule has 3 N–H and O–H groups in total. The van der Waals surface area contributed by atoms with Crippen molar-refractivity contribution in [3.8, 4) is 5.75 Å². The summed E-state index contributed by atoms with van der Waals surface area (Å²) in [6.07, 6.45) is 5.18. The third-order valence-electron chi connectivity index (χ3n) is 4.61. The number of nitrogens with two attached hydrogens (primary N) is 1. The summed E-state index contributed by atoms with van der Waals surface area (Å²) in [6.45, 7) is 0. The zero-order valence-electron chi connectivity index (χ0n) is 11.9. The van der Waals surface area contributed by atoms with Crippen molar-refractivity contribution in [3.05, 3.63) is 23.8 Å². The maximum absolute atomic E-state index is 12.1. The molecule has 2 fully saturated rings. The molecule has 1 amide bonds. The highest BCUT2D eigenvalue weighted by atomic mass is 16.5. The van der Waals surface area contributed by atoms with Gasteiger partial charge in [0.05, 0.1) is 7.11 Å². The van der Waals surface area contributed by atoms with E-state index < -0.39 is 0 Å². The van der Waals surface area contributed by atoms with Crippen molar-refractivity contribution in [1.82, 2.24) is 0 Å². The van der Waals surface area contributed by atoms with E-state index in [0.717, 1.165) is 37.1 Å². The van der Waals surface area contributed by atoms with E-state index in [2.05, 4.69) is 5.32 Å². The van der Waals surface area contributed by atoms with E-state index in [1.165, 1.54) is 12.0 Å². The number of hydrogen-bond donors (Lipinski definition) is 2. The number of anilines is 1. The van der Waals surface area contributed by atoms with Gasteiger partial charge < -0.3 is 15.8 Å². The van der Waals surface area contributed by atoms with Crippen molar-refractivity contribution in [1.29, 1.82) is 0 Å². The van der Waals surface area contributed by atoms with Crippen LogP contribution in [0.4, 0.5) is 5.69 Å². The van der Waals surface area contributed by atoms with E-state index in [-0.39, 0.29) is 11.8 Å². The molecule has 0 heterocycles. The van der Waals surface area contributed by atoms with E-state index in [4.69, 9.17) is 10.5 Å². The highest BCUT2D eigenvalue weighted by molar-refractivity contribution is 5.94. The molecule has 0 aromatic heterocycles. The molecule has 0 aliphatic heterocycles. The number of methoxy groups -OCH3 is 1. The summed E-state index contributed by atoms with van der Waals surface area (Å²) in [5.74, 6) is 1.64. The third-order valence-corrected chi connectivity index (χ3v) is 4.61. The second kappa shape index (κ2) is 5.44. The highest BCUT2D eigenvalue weighted by Gasteiger charge is 2.31. The molecule has 1 aromatic carbocycles. The first-order valence-electron chi connectivity index (χ1n) is 7.41. The number of ether oxygens (including phenoxy) is 1. The second-order valence-corrected chi connectivity index (χ2v) is 6.00. The SMILES string of the molecule is COc1ccc(NC(=O)C2CCC2)c(C2CC(N)C2)c1. The molecule has 0 spiro atoms. The smallest absolute Gasteiger partial charge is 0.227 e. The summed E-state index contributed by atoms with van der Waals surface area (Å²) in [6, 6.07) is 6.18. The van der Waals surface area contributed by atoms with Gasteiger partial charge in [0, 0.05) is 17.6 Å². The first-order chi connectivity index (χ1) is 9.67.